The van der Waals surface area contributed by atoms with Crippen LogP contribution in [-0.2, 0) is 13.5 Å². The summed E-state index contributed by atoms with van der Waals surface area (Å²) in [5, 5.41) is 4.46. The van der Waals surface area contributed by atoms with Crippen LogP contribution in [0, 0.1) is 13.8 Å². The first-order valence-electron chi connectivity index (χ1n) is 5.43. The molecule has 0 atom stereocenters. The summed E-state index contributed by atoms with van der Waals surface area (Å²) in [5.74, 6) is 1.79. The van der Waals surface area contributed by atoms with E-state index in [2.05, 4.69) is 5.10 Å². The van der Waals surface area contributed by atoms with Gasteiger partial charge in [0.25, 0.3) is 0 Å². The highest BCUT2D eigenvalue weighted by molar-refractivity contribution is 5.63. The molecule has 0 fully saturated rings. The Morgan fingerprint density at radius 3 is 2.69 bits per heavy atom. The maximum Gasteiger partial charge on any atom is 0.137 e. The first-order chi connectivity index (χ1) is 7.63. The van der Waals surface area contributed by atoms with Crippen molar-refractivity contribution in [3.8, 4) is 11.3 Å². The van der Waals surface area contributed by atoms with Crippen molar-refractivity contribution in [2.75, 3.05) is 6.54 Å². The van der Waals surface area contributed by atoms with Crippen LogP contribution in [0.5, 0.6) is 0 Å². The fourth-order valence-corrected chi connectivity index (χ4v) is 1.88. The molecule has 0 aliphatic carbocycles. The Bertz CT molecular complexity index is 496. The largest absolute Gasteiger partial charge is 0.461 e. The molecule has 2 N–H and O–H groups in total. The van der Waals surface area contributed by atoms with Gasteiger partial charge in [0.15, 0.2) is 0 Å². The highest BCUT2D eigenvalue weighted by atomic mass is 16.3. The quantitative estimate of drug-likeness (QED) is 0.856. The van der Waals surface area contributed by atoms with Crippen LogP contribution in [0.2, 0.25) is 0 Å². The van der Waals surface area contributed by atoms with Gasteiger partial charge in [-0.3, -0.25) is 4.68 Å². The van der Waals surface area contributed by atoms with Gasteiger partial charge in [-0.15, -0.1) is 0 Å². The number of nitrogens with two attached hydrogens (primary N) is 1. The highest BCUT2D eigenvalue weighted by Crippen LogP contribution is 2.28. The summed E-state index contributed by atoms with van der Waals surface area (Å²) >= 11 is 0. The summed E-state index contributed by atoms with van der Waals surface area (Å²) in [6.45, 7) is 4.58. The van der Waals surface area contributed by atoms with E-state index in [0.29, 0.717) is 6.54 Å². The van der Waals surface area contributed by atoms with Gasteiger partial charge in [0.2, 0.25) is 0 Å². The van der Waals surface area contributed by atoms with Crippen LogP contribution >= 0.6 is 0 Å². The molecule has 2 heterocycles. The standard InChI is InChI=1S/C12H17N3O/c1-8-4-5-11(16-8)12-9(2)15(3)14-10(12)6-7-13/h4-5H,6-7,13H2,1-3H3. The van der Waals surface area contributed by atoms with Crippen LogP contribution in [0.25, 0.3) is 11.3 Å². The van der Waals surface area contributed by atoms with Crippen LogP contribution in [0.1, 0.15) is 17.1 Å². The number of aryl methyl sites for hydroxylation is 2. The summed E-state index contributed by atoms with van der Waals surface area (Å²) in [6, 6.07) is 3.95. The molecule has 0 unspecified atom stereocenters. The topological polar surface area (TPSA) is 57.0 Å². The Hall–Kier alpha value is -1.55. The third kappa shape index (κ3) is 1.76. The average Bonchev–Trinajstić information content (AvgIpc) is 2.74. The number of hydrogen-bond acceptors (Lipinski definition) is 3. The first-order valence-corrected chi connectivity index (χ1v) is 5.43. The van der Waals surface area contributed by atoms with Gasteiger partial charge in [-0.2, -0.15) is 5.10 Å². The molecule has 0 aliphatic heterocycles. The van der Waals surface area contributed by atoms with Gasteiger partial charge < -0.3 is 10.2 Å². The van der Waals surface area contributed by atoms with E-state index in [1.54, 1.807) is 0 Å². The molecule has 0 saturated carbocycles. The molecule has 4 nitrogen and oxygen atoms in total. The van der Waals surface area contributed by atoms with Gasteiger partial charge >= 0.3 is 0 Å². The second-order valence-corrected chi connectivity index (χ2v) is 3.98. The minimum Gasteiger partial charge on any atom is -0.461 e. The van der Waals surface area contributed by atoms with Crippen molar-refractivity contribution in [3.05, 3.63) is 29.3 Å². The van der Waals surface area contributed by atoms with Gasteiger partial charge in [0, 0.05) is 19.2 Å². The van der Waals surface area contributed by atoms with Crippen LogP contribution in [0.15, 0.2) is 16.5 Å². The zero-order valence-corrected chi connectivity index (χ0v) is 9.95. The molecule has 0 aromatic carbocycles. The fourth-order valence-electron chi connectivity index (χ4n) is 1.88. The van der Waals surface area contributed by atoms with Gasteiger partial charge in [0.05, 0.1) is 11.3 Å². The summed E-state index contributed by atoms with van der Waals surface area (Å²) in [5.41, 5.74) is 8.80. The number of rotatable bonds is 3. The van der Waals surface area contributed by atoms with Crippen LogP contribution in [0.3, 0.4) is 0 Å². The molecular weight excluding hydrogens is 202 g/mol. The highest BCUT2D eigenvalue weighted by Gasteiger charge is 2.16. The monoisotopic (exact) mass is 219 g/mol. The van der Waals surface area contributed by atoms with Crippen molar-refractivity contribution in [1.29, 1.82) is 0 Å². The van der Waals surface area contributed by atoms with Crippen LogP contribution < -0.4 is 5.73 Å². The molecule has 16 heavy (non-hydrogen) atoms. The lowest BCUT2D eigenvalue weighted by Gasteiger charge is -1.99. The summed E-state index contributed by atoms with van der Waals surface area (Å²) < 4.78 is 7.53. The lowest BCUT2D eigenvalue weighted by molar-refractivity contribution is 0.547. The Balaban J connectivity index is 2.53. The Morgan fingerprint density at radius 2 is 2.12 bits per heavy atom. The van der Waals surface area contributed by atoms with E-state index >= 15 is 0 Å². The SMILES string of the molecule is Cc1ccc(-c2c(CCN)nn(C)c2C)o1. The van der Waals surface area contributed by atoms with E-state index in [1.807, 2.05) is 37.7 Å². The third-order valence-electron chi connectivity index (χ3n) is 2.77. The minimum atomic E-state index is 0.600. The Kier molecular flexibility index (Phi) is 2.83. The predicted molar refractivity (Wildman–Crippen MR) is 63.1 cm³/mol. The summed E-state index contributed by atoms with van der Waals surface area (Å²) in [4.78, 5) is 0. The van der Waals surface area contributed by atoms with Gasteiger partial charge in [-0.25, -0.2) is 0 Å². The molecule has 0 saturated heterocycles. The Labute approximate surface area is 95.1 Å². The van der Waals surface area contributed by atoms with Crippen molar-refractivity contribution >= 4 is 0 Å². The predicted octanol–water partition coefficient (Wildman–Crippen LogP) is 1.80. The number of furan rings is 1. The van der Waals surface area contributed by atoms with Crippen molar-refractivity contribution in [3.63, 3.8) is 0 Å². The van der Waals surface area contributed by atoms with E-state index < -0.39 is 0 Å². The van der Waals surface area contributed by atoms with Crippen LogP contribution in [-0.4, -0.2) is 16.3 Å². The molecule has 2 rings (SSSR count). The fraction of sp³-hybridized carbons (Fsp3) is 0.417. The molecule has 0 amide bonds. The van der Waals surface area contributed by atoms with Crippen molar-refractivity contribution < 1.29 is 4.42 Å². The molecule has 2 aromatic rings. The summed E-state index contributed by atoms with van der Waals surface area (Å²) in [6.07, 6.45) is 0.775. The zero-order valence-electron chi connectivity index (χ0n) is 9.95. The molecule has 2 aromatic heterocycles. The molecule has 4 heteroatoms. The maximum absolute atomic E-state index is 5.66. The van der Waals surface area contributed by atoms with Gasteiger partial charge in [-0.1, -0.05) is 0 Å². The van der Waals surface area contributed by atoms with E-state index in [-0.39, 0.29) is 0 Å². The third-order valence-corrected chi connectivity index (χ3v) is 2.77. The number of hydrogen-bond donors (Lipinski definition) is 1. The van der Waals surface area contributed by atoms with Gasteiger partial charge in [0.1, 0.15) is 11.5 Å². The molecular formula is C12H17N3O. The smallest absolute Gasteiger partial charge is 0.137 e. The maximum atomic E-state index is 5.66. The molecule has 0 radical (unpaired) electrons. The molecule has 0 bridgehead atoms. The minimum absolute atomic E-state index is 0.600. The first kappa shape index (κ1) is 11.0. The second-order valence-electron chi connectivity index (χ2n) is 3.98. The lowest BCUT2D eigenvalue weighted by Crippen LogP contribution is -2.04. The number of nitrogens with zero attached hydrogens (tertiary/aromatic N) is 2. The van der Waals surface area contributed by atoms with Crippen LogP contribution in [0.4, 0.5) is 0 Å². The normalized spacial score (nSPS) is 11.0. The second kappa shape index (κ2) is 4.14. The van der Waals surface area contributed by atoms with E-state index in [0.717, 1.165) is 34.9 Å². The van der Waals surface area contributed by atoms with Gasteiger partial charge in [-0.05, 0) is 32.5 Å². The molecule has 0 aliphatic rings. The van der Waals surface area contributed by atoms with Crippen molar-refractivity contribution in [2.45, 2.75) is 20.3 Å². The zero-order chi connectivity index (χ0) is 11.7. The van der Waals surface area contributed by atoms with E-state index in [1.165, 1.54) is 0 Å². The molecule has 86 valence electrons. The van der Waals surface area contributed by atoms with E-state index in [4.69, 9.17) is 10.2 Å². The van der Waals surface area contributed by atoms with Crippen molar-refractivity contribution in [1.82, 2.24) is 9.78 Å². The Morgan fingerprint density at radius 1 is 1.38 bits per heavy atom. The number of aromatic nitrogens is 2. The molecule has 0 spiro atoms. The van der Waals surface area contributed by atoms with Crippen molar-refractivity contribution in [2.24, 2.45) is 12.8 Å². The lowest BCUT2D eigenvalue weighted by atomic mass is 10.1. The van der Waals surface area contributed by atoms with E-state index in [9.17, 15) is 0 Å². The summed E-state index contributed by atoms with van der Waals surface area (Å²) in [7, 11) is 1.94. The average molecular weight is 219 g/mol.